The van der Waals surface area contributed by atoms with Gasteiger partial charge in [0.1, 0.15) is 6.10 Å². The molecule has 2 aromatic rings. The fourth-order valence-corrected chi connectivity index (χ4v) is 2.33. The summed E-state index contributed by atoms with van der Waals surface area (Å²) >= 11 is 11.7. The van der Waals surface area contributed by atoms with E-state index in [0.29, 0.717) is 21.7 Å². The number of aryl methyl sites for hydroxylation is 1. The highest BCUT2D eigenvalue weighted by Crippen LogP contribution is 2.34. The van der Waals surface area contributed by atoms with Gasteiger partial charge in [-0.05, 0) is 47.9 Å². The van der Waals surface area contributed by atoms with E-state index in [1.807, 2.05) is 0 Å². The second-order valence-corrected chi connectivity index (χ2v) is 5.46. The molecule has 21 heavy (non-hydrogen) atoms. The van der Waals surface area contributed by atoms with Crippen LogP contribution in [-0.2, 0) is 6.18 Å². The van der Waals surface area contributed by atoms with E-state index in [1.165, 1.54) is 25.1 Å². The number of aliphatic hydroxyl groups is 1. The lowest BCUT2D eigenvalue weighted by Crippen LogP contribution is -2.08. The molecule has 0 saturated carbocycles. The molecule has 2 rings (SSSR count). The van der Waals surface area contributed by atoms with Gasteiger partial charge in [-0.25, -0.2) is 0 Å². The summed E-state index contributed by atoms with van der Waals surface area (Å²) in [4.78, 5) is 0. The van der Waals surface area contributed by atoms with Crippen LogP contribution >= 0.6 is 23.2 Å². The van der Waals surface area contributed by atoms with E-state index >= 15 is 0 Å². The Morgan fingerprint density at radius 1 is 1.00 bits per heavy atom. The first kappa shape index (κ1) is 16.1. The molecule has 0 aliphatic carbocycles. The lowest BCUT2D eigenvalue weighted by molar-refractivity contribution is -0.137. The summed E-state index contributed by atoms with van der Waals surface area (Å²) in [6.45, 7) is 1.52. The van der Waals surface area contributed by atoms with E-state index in [9.17, 15) is 18.3 Å². The zero-order chi connectivity index (χ0) is 15.8. The maximum absolute atomic E-state index is 12.6. The minimum Gasteiger partial charge on any atom is -0.384 e. The standard InChI is InChI=1S/C15H11Cl2F3O/c1-8-6-10(15(18,19)20)3-4-11(8)14(21)9-2-5-12(16)13(17)7-9/h2-7,14,21H,1H3. The van der Waals surface area contributed by atoms with Gasteiger partial charge in [-0.2, -0.15) is 13.2 Å². The largest absolute Gasteiger partial charge is 0.416 e. The highest BCUT2D eigenvalue weighted by molar-refractivity contribution is 6.42. The minimum atomic E-state index is -4.40. The molecule has 0 aromatic heterocycles. The summed E-state index contributed by atoms with van der Waals surface area (Å²) in [7, 11) is 0. The maximum Gasteiger partial charge on any atom is 0.416 e. The smallest absolute Gasteiger partial charge is 0.384 e. The summed E-state index contributed by atoms with van der Waals surface area (Å²) in [5.74, 6) is 0. The lowest BCUT2D eigenvalue weighted by Gasteiger charge is -2.16. The summed E-state index contributed by atoms with van der Waals surface area (Å²) in [5, 5.41) is 10.9. The lowest BCUT2D eigenvalue weighted by atomic mass is 9.96. The Balaban J connectivity index is 2.39. The van der Waals surface area contributed by atoms with Crippen LogP contribution in [0.25, 0.3) is 0 Å². The molecule has 0 fully saturated rings. The van der Waals surface area contributed by atoms with Gasteiger partial charge in [-0.15, -0.1) is 0 Å². The maximum atomic E-state index is 12.6. The monoisotopic (exact) mass is 334 g/mol. The van der Waals surface area contributed by atoms with Crippen LogP contribution in [0.4, 0.5) is 13.2 Å². The van der Waals surface area contributed by atoms with Crippen molar-refractivity contribution in [3.63, 3.8) is 0 Å². The second-order valence-electron chi connectivity index (χ2n) is 4.65. The average Bonchev–Trinajstić information content (AvgIpc) is 2.40. The van der Waals surface area contributed by atoms with Gasteiger partial charge in [-0.3, -0.25) is 0 Å². The SMILES string of the molecule is Cc1cc(C(F)(F)F)ccc1C(O)c1ccc(Cl)c(Cl)c1. The minimum absolute atomic E-state index is 0.276. The molecular weight excluding hydrogens is 324 g/mol. The number of aliphatic hydroxyl groups excluding tert-OH is 1. The second kappa shape index (κ2) is 5.87. The number of benzene rings is 2. The van der Waals surface area contributed by atoms with Crippen LogP contribution in [0.1, 0.15) is 28.4 Å². The molecular formula is C15H11Cl2F3O. The molecule has 0 spiro atoms. The molecule has 0 aliphatic heterocycles. The van der Waals surface area contributed by atoms with Crippen LogP contribution in [0.5, 0.6) is 0 Å². The Bertz CT molecular complexity index is 668. The van der Waals surface area contributed by atoms with Crippen molar-refractivity contribution in [2.45, 2.75) is 19.2 Å². The van der Waals surface area contributed by atoms with Crippen molar-refractivity contribution >= 4 is 23.2 Å². The average molecular weight is 335 g/mol. The van der Waals surface area contributed by atoms with E-state index in [4.69, 9.17) is 23.2 Å². The molecule has 0 saturated heterocycles. The van der Waals surface area contributed by atoms with Gasteiger partial charge >= 0.3 is 6.18 Å². The van der Waals surface area contributed by atoms with Crippen LogP contribution in [0, 0.1) is 6.92 Å². The summed E-state index contributed by atoms with van der Waals surface area (Å²) < 4.78 is 37.9. The Hall–Kier alpha value is -1.23. The van der Waals surface area contributed by atoms with Gasteiger partial charge in [-0.1, -0.05) is 35.3 Å². The van der Waals surface area contributed by atoms with Crippen LogP contribution in [0.15, 0.2) is 36.4 Å². The molecule has 1 unspecified atom stereocenters. The topological polar surface area (TPSA) is 20.2 Å². The van der Waals surface area contributed by atoms with Crippen molar-refractivity contribution in [2.75, 3.05) is 0 Å². The fourth-order valence-electron chi connectivity index (χ4n) is 2.02. The number of alkyl halides is 3. The molecule has 0 amide bonds. The van der Waals surface area contributed by atoms with Crippen molar-refractivity contribution in [3.8, 4) is 0 Å². The molecule has 2 aromatic carbocycles. The predicted molar refractivity (Wildman–Crippen MR) is 76.7 cm³/mol. The highest BCUT2D eigenvalue weighted by Gasteiger charge is 2.31. The third-order valence-electron chi connectivity index (χ3n) is 3.15. The van der Waals surface area contributed by atoms with Gasteiger partial charge in [0.2, 0.25) is 0 Å². The first-order valence-electron chi connectivity index (χ1n) is 6.01. The van der Waals surface area contributed by atoms with E-state index in [-0.39, 0.29) is 5.02 Å². The van der Waals surface area contributed by atoms with Crippen LogP contribution in [-0.4, -0.2) is 5.11 Å². The molecule has 6 heteroatoms. The van der Waals surface area contributed by atoms with Gasteiger partial charge in [0.15, 0.2) is 0 Å². The zero-order valence-electron chi connectivity index (χ0n) is 10.9. The van der Waals surface area contributed by atoms with E-state index in [1.54, 1.807) is 6.07 Å². The Morgan fingerprint density at radius 3 is 2.19 bits per heavy atom. The van der Waals surface area contributed by atoms with E-state index in [0.717, 1.165) is 12.1 Å². The van der Waals surface area contributed by atoms with Crippen molar-refractivity contribution in [1.82, 2.24) is 0 Å². The van der Waals surface area contributed by atoms with Crippen molar-refractivity contribution in [1.29, 1.82) is 0 Å². The Labute approximate surface area is 129 Å². The van der Waals surface area contributed by atoms with Crippen molar-refractivity contribution < 1.29 is 18.3 Å². The zero-order valence-corrected chi connectivity index (χ0v) is 12.4. The summed E-state index contributed by atoms with van der Waals surface area (Å²) in [5.41, 5.74) is 0.460. The third kappa shape index (κ3) is 3.51. The summed E-state index contributed by atoms with van der Waals surface area (Å²) in [6, 6.07) is 7.83. The van der Waals surface area contributed by atoms with E-state index in [2.05, 4.69) is 0 Å². The number of halogens is 5. The molecule has 1 N–H and O–H groups in total. The number of hydrogen-bond acceptors (Lipinski definition) is 1. The molecule has 0 bridgehead atoms. The first-order valence-corrected chi connectivity index (χ1v) is 6.76. The molecule has 0 heterocycles. The number of hydrogen-bond donors (Lipinski definition) is 1. The van der Waals surface area contributed by atoms with E-state index < -0.39 is 17.8 Å². The third-order valence-corrected chi connectivity index (χ3v) is 3.89. The van der Waals surface area contributed by atoms with Crippen LogP contribution in [0.2, 0.25) is 10.0 Å². The normalized spacial score (nSPS) is 13.3. The Kier molecular flexibility index (Phi) is 4.51. The Morgan fingerprint density at radius 2 is 1.67 bits per heavy atom. The molecule has 1 atom stereocenters. The number of rotatable bonds is 2. The molecule has 0 aliphatic rings. The van der Waals surface area contributed by atoms with Gasteiger partial charge in [0, 0.05) is 0 Å². The van der Waals surface area contributed by atoms with Crippen LogP contribution < -0.4 is 0 Å². The quantitative estimate of drug-likeness (QED) is 0.779. The molecule has 112 valence electrons. The van der Waals surface area contributed by atoms with Crippen molar-refractivity contribution in [2.24, 2.45) is 0 Å². The van der Waals surface area contributed by atoms with Gasteiger partial charge in [0.25, 0.3) is 0 Å². The van der Waals surface area contributed by atoms with Gasteiger partial charge in [0.05, 0.1) is 15.6 Å². The fraction of sp³-hybridized carbons (Fsp3) is 0.200. The first-order chi connectivity index (χ1) is 9.70. The molecule has 0 radical (unpaired) electrons. The predicted octanol–water partition coefficient (Wildman–Crippen LogP) is 5.40. The molecule has 1 nitrogen and oxygen atoms in total. The highest BCUT2D eigenvalue weighted by atomic mass is 35.5. The van der Waals surface area contributed by atoms with Crippen LogP contribution in [0.3, 0.4) is 0 Å². The summed E-state index contributed by atoms with van der Waals surface area (Å²) in [6.07, 6.45) is -5.47. The van der Waals surface area contributed by atoms with Gasteiger partial charge < -0.3 is 5.11 Å². The van der Waals surface area contributed by atoms with Crippen molar-refractivity contribution in [3.05, 3.63) is 68.7 Å².